The fourth-order valence-electron chi connectivity index (χ4n) is 3.83. The lowest BCUT2D eigenvalue weighted by atomic mass is 10.1. The highest BCUT2D eigenvalue weighted by molar-refractivity contribution is 6.21. The number of rotatable bonds is 7. The number of benzene rings is 2. The van der Waals surface area contributed by atoms with E-state index in [2.05, 4.69) is 0 Å². The van der Waals surface area contributed by atoms with E-state index in [1.165, 1.54) is 4.90 Å². The zero-order chi connectivity index (χ0) is 21.1. The molecule has 0 N–H and O–H groups in total. The molecule has 2 aliphatic rings. The summed E-state index contributed by atoms with van der Waals surface area (Å²) in [5.41, 5.74) is 1.77. The fourth-order valence-corrected chi connectivity index (χ4v) is 3.83. The number of nitrogens with zero attached hydrogens (tertiary/aromatic N) is 2. The first-order valence-electron chi connectivity index (χ1n) is 10.2. The standard InChI is InChI=1S/C23H24N2O5/c1-2-24(15-16-7-5-10-19-21(16)30-14-13-29-19)20(26)11-6-12-25-22(27)17-8-3-4-9-18(17)23(25)28/h3-5,7-10H,2,6,11-15H2,1H3. The Bertz CT molecular complexity index is 952. The molecule has 30 heavy (non-hydrogen) atoms. The van der Waals surface area contributed by atoms with Crippen LogP contribution in [-0.2, 0) is 11.3 Å². The molecule has 3 amide bonds. The van der Waals surface area contributed by atoms with E-state index in [4.69, 9.17) is 9.47 Å². The monoisotopic (exact) mass is 408 g/mol. The molecule has 0 fully saturated rings. The molecule has 0 aromatic heterocycles. The first-order valence-corrected chi connectivity index (χ1v) is 10.2. The highest BCUT2D eigenvalue weighted by Crippen LogP contribution is 2.34. The minimum Gasteiger partial charge on any atom is -0.486 e. The maximum atomic E-state index is 12.8. The second-order valence-electron chi connectivity index (χ2n) is 7.26. The van der Waals surface area contributed by atoms with Gasteiger partial charge in [0.05, 0.1) is 11.1 Å². The summed E-state index contributed by atoms with van der Waals surface area (Å²) in [6, 6.07) is 12.5. The van der Waals surface area contributed by atoms with Crippen LogP contribution in [0.5, 0.6) is 11.5 Å². The maximum Gasteiger partial charge on any atom is 0.261 e. The van der Waals surface area contributed by atoms with Gasteiger partial charge in [0.1, 0.15) is 13.2 Å². The van der Waals surface area contributed by atoms with Gasteiger partial charge in [0.25, 0.3) is 11.8 Å². The third kappa shape index (κ3) is 3.75. The number of fused-ring (bicyclic) bond motifs is 2. The van der Waals surface area contributed by atoms with Crippen LogP contribution in [0.3, 0.4) is 0 Å². The van der Waals surface area contributed by atoms with Gasteiger partial charge in [-0.25, -0.2) is 0 Å². The first-order chi connectivity index (χ1) is 14.6. The van der Waals surface area contributed by atoms with E-state index >= 15 is 0 Å². The lowest BCUT2D eigenvalue weighted by molar-refractivity contribution is -0.131. The Morgan fingerprint density at radius 2 is 1.70 bits per heavy atom. The maximum absolute atomic E-state index is 12.8. The third-order valence-corrected chi connectivity index (χ3v) is 5.39. The number of carbonyl (C=O) groups excluding carboxylic acids is 3. The van der Waals surface area contributed by atoms with Crippen LogP contribution >= 0.6 is 0 Å². The molecule has 0 saturated carbocycles. The molecule has 2 aromatic carbocycles. The molecule has 0 bridgehead atoms. The van der Waals surface area contributed by atoms with Gasteiger partial charge in [-0.15, -0.1) is 0 Å². The second kappa shape index (κ2) is 8.57. The quantitative estimate of drug-likeness (QED) is 0.659. The second-order valence-corrected chi connectivity index (χ2v) is 7.26. The summed E-state index contributed by atoms with van der Waals surface area (Å²) in [6.45, 7) is 4.14. The summed E-state index contributed by atoms with van der Waals surface area (Å²) in [4.78, 5) is 40.6. The number of hydrogen-bond acceptors (Lipinski definition) is 5. The smallest absolute Gasteiger partial charge is 0.261 e. The summed E-state index contributed by atoms with van der Waals surface area (Å²) < 4.78 is 11.3. The zero-order valence-electron chi connectivity index (χ0n) is 16.9. The molecule has 0 unspecified atom stereocenters. The van der Waals surface area contributed by atoms with E-state index in [1.54, 1.807) is 29.2 Å². The Kier molecular flexibility index (Phi) is 5.70. The van der Waals surface area contributed by atoms with Crippen molar-refractivity contribution in [3.05, 3.63) is 59.2 Å². The van der Waals surface area contributed by atoms with Crippen molar-refractivity contribution >= 4 is 17.7 Å². The Morgan fingerprint density at radius 3 is 2.40 bits per heavy atom. The van der Waals surface area contributed by atoms with E-state index in [1.807, 2.05) is 25.1 Å². The van der Waals surface area contributed by atoms with Crippen LogP contribution in [0.15, 0.2) is 42.5 Å². The molecule has 2 heterocycles. The van der Waals surface area contributed by atoms with E-state index in [0.717, 1.165) is 5.56 Å². The molecule has 2 aromatic rings. The van der Waals surface area contributed by atoms with Gasteiger partial charge >= 0.3 is 0 Å². The van der Waals surface area contributed by atoms with Crippen LogP contribution in [0.1, 0.15) is 46.0 Å². The molecule has 156 valence electrons. The molecule has 7 nitrogen and oxygen atoms in total. The van der Waals surface area contributed by atoms with Crippen molar-refractivity contribution in [2.45, 2.75) is 26.3 Å². The van der Waals surface area contributed by atoms with Crippen molar-refractivity contribution in [3.63, 3.8) is 0 Å². The molecule has 0 aliphatic carbocycles. The number of amides is 3. The molecule has 0 atom stereocenters. The van der Waals surface area contributed by atoms with Gasteiger partial charge in [0.2, 0.25) is 5.91 Å². The van der Waals surface area contributed by atoms with E-state index in [0.29, 0.717) is 55.4 Å². The van der Waals surface area contributed by atoms with Gasteiger partial charge < -0.3 is 14.4 Å². The molecular formula is C23H24N2O5. The van der Waals surface area contributed by atoms with Gasteiger partial charge in [-0.1, -0.05) is 24.3 Å². The van der Waals surface area contributed by atoms with Crippen LogP contribution in [0.2, 0.25) is 0 Å². The third-order valence-electron chi connectivity index (χ3n) is 5.39. The van der Waals surface area contributed by atoms with Crippen LogP contribution in [0.25, 0.3) is 0 Å². The van der Waals surface area contributed by atoms with E-state index < -0.39 is 0 Å². The highest BCUT2D eigenvalue weighted by atomic mass is 16.6. The Balaban J connectivity index is 1.35. The zero-order valence-corrected chi connectivity index (χ0v) is 16.9. The van der Waals surface area contributed by atoms with E-state index in [9.17, 15) is 14.4 Å². The van der Waals surface area contributed by atoms with Crippen molar-refractivity contribution in [2.75, 3.05) is 26.3 Å². The summed E-state index contributed by atoms with van der Waals surface area (Å²) in [5.74, 6) is 0.796. The van der Waals surface area contributed by atoms with Crippen molar-refractivity contribution in [1.82, 2.24) is 9.80 Å². The van der Waals surface area contributed by atoms with Crippen LogP contribution in [-0.4, -0.2) is 53.8 Å². The van der Waals surface area contributed by atoms with Crippen molar-refractivity contribution in [3.8, 4) is 11.5 Å². The Labute approximate surface area is 175 Å². The van der Waals surface area contributed by atoms with Crippen LogP contribution < -0.4 is 9.47 Å². The van der Waals surface area contributed by atoms with Gasteiger partial charge in [-0.05, 0) is 31.5 Å². The minimum absolute atomic E-state index is 0.0246. The molecule has 4 rings (SSSR count). The normalized spacial score (nSPS) is 14.6. The number of hydrogen-bond donors (Lipinski definition) is 0. The average molecular weight is 408 g/mol. The fraction of sp³-hybridized carbons (Fsp3) is 0.348. The summed E-state index contributed by atoms with van der Waals surface area (Å²) in [5, 5.41) is 0. The number of ether oxygens (including phenoxy) is 2. The number of carbonyl (C=O) groups is 3. The molecule has 0 spiro atoms. The lowest BCUT2D eigenvalue weighted by Crippen LogP contribution is -2.33. The Hall–Kier alpha value is -3.35. The predicted molar refractivity (Wildman–Crippen MR) is 110 cm³/mol. The van der Waals surface area contributed by atoms with Gasteiger partial charge in [0.15, 0.2) is 11.5 Å². The highest BCUT2D eigenvalue weighted by Gasteiger charge is 2.34. The summed E-state index contributed by atoms with van der Waals surface area (Å²) in [6.07, 6.45) is 0.681. The largest absolute Gasteiger partial charge is 0.486 e. The topological polar surface area (TPSA) is 76.2 Å². The van der Waals surface area contributed by atoms with Crippen LogP contribution in [0.4, 0.5) is 0 Å². The van der Waals surface area contributed by atoms with Gasteiger partial charge in [0, 0.05) is 31.6 Å². The van der Waals surface area contributed by atoms with Crippen molar-refractivity contribution in [1.29, 1.82) is 0 Å². The van der Waals surface area contributed by atoms with Crippen molar-refractivity contribution < 1.29 is 23.9 Å². The first kappa shape index (κ1) is 19.9. The molecule has 0 radical (unpaired) electrons. The predicted octanol–water partition coefficient (Wildman–Crippen LogP) is 2.88. The SMILES string of the molecule is CCN(Cc1cccc2c1OCCO2)C(=O)CCCN1C(=O)c2ccccc2C1=O. The van der Waals surface area contributed by atoms with Crippen molar-refractivity contribution in [2.24, 2.45) is 0 Å². The summed E-state index contributed by atoms with van der Waals surface area (Å²) in [7, 11) is 0. The Morgan fingerprint density at radius 1 is 1.00 bits per heavy atom. The summed E-state index contributed by atoms with van der Waals surface area (Å²) >= 11 is 0. The lowest BCUT2D eigenvalue weighted by Gasteiger charge is -2.25. The van der Waals surface area contributed by atoms with E-state index in [-0.39, 0.29) is 30.7 Å². The minimum atomic E-state index is -0.288. The number of imide groups is 1. The molecular weight excluding hydrogens is 384 g/mol. The average Bonchev–Trinajstić information content (AvgIpc) is 3.02. The molecule has 2 aliphatic heterocycles. The molecule has 0 saturated heterocycles. The van der Waals surface area contributed by atoms with Crippen LogP contribution in [0, 0.1) is 0 Å². The molecule has 7 heteroatoms. The van der Waals surface area contributed by atoms with Gasteiger partial charge in [-0.2, -0.15) is 0 Å². The number of para-hydroxylation sites is 1. The van der Waals surface area contributed by atoms with Gasteiger partial charge in [-0.3, -0.25) is 19.3 Å².